The van der Waals surface area contributed by atoms with Crippen molar-refractivity contribution in [1.29, 1.82) is 0 Å². The molecular formula is C19H24N3O3. The van der Waals surface area contributed by atoms with E-state index in [1.54, 1.807) is 24.2 Å². The Morgan fingerprint density at radius 2 is 1.80 bits per heavy atom. The molecule has 1 aliphatic heterocycles. The summed E-state index contributed by atoms with van der Waals surface area (Å²) in [7, 11) is 0. The quantitative estimate of drug-likeness (QED) is 0.610. The molecule has 1 aromatic rings. The third kappa shape index (κ3) is 5.17. The van der Waals surface area contributed by atoms with Gasteiger partial charge in [0.2, 0.25) is 6.29 Å². The van der Waals surface area contributed by atoms with Gasteiger partial charge in [0.25, 0.3) is 5.91 Å². The van der Waals surface area contributed by atoms with Crippen molar-refractivity contribution in [3.05, 3.63) is 42.0 Å². The lowest BCUT2D eigenvalue weighted by molar-refractivity contribution is -0.137. The Bertz CT molecular complexity index is 610. The first-order valence-electron chi connectivity index (χ1n) is 8.63. The predicted octanol–water partition coefficient (Wildman–Crippen LogP) is 2.48. The summed E-state index contributed by atoms with van der Waals surface area (Å²) < 4.78 is 0. The molecule has 0 spiro atoms. The molecule has 2 rings (SSSR count). The van der Waals surface area contributed by atoms with Crippen LogP contribution in [0.25, 0.3) is 6.08 Å². The van der Waals surface area contributed by atoms with Gasteiger partial charge in [-0.1, -0.05) is 30.3 Å². The van der Waals surface area contributed by atoms with E-state index in [1.807, 2.05) is 30.3 Å². The van der Waals surface area contributed by atoms with E-state index in [2.05, 4.69) is 0 Å². The van der Waals surface area contributed by atoms with Crippen molar-refractivity contribution in [2.45, 2.75) is 26.2 Å². The van der Waals surface area contributed by atoms with Crippen molar-refractivity contribution < 1.29 is 14.4 Å². The molecule has 133 valence electrons. The molecule has 1 fully saturated rings. The van der Waals surface area contributed by atoms with E-state index in [4.69, 9.17) is 0 Å². The molecule has 0 N–H and O–H groups in total. The first-order chi connectivity index (χ1) is 12.2. The molecular weight excluding hydrogens is 318 g/mol. The number of likely N-dealkylation sites (tertiary alicyclic amines) is 1. The van der Waals surface area contributed by atoms with E-state index in [-0.39, 0.29) is 12.6 Å². The molecule has 1 radical (unpaired) electrons. The van der Waals surface area contributed by atoms with E-state index >= 15 is 0 Å². The van der Waals surface area contributed by atoms with E-state index in [9.17, 15) is 14.4 Å². The number of benzene rings is 1. The Hall–Kier alpha value is -2.63. The highest BCUT2D eigenvalue weighted by atomic mass is 16.2. The van der Waals surface area contributed by atoms with Gasteiger partial charge in [-0.2, -0.15) is 0 Å². The number of nitrogens with zero attached hydrogens (tertiary/aromatic N) is 3. The number of piperidine rings is 1. The van der Waals surface area contributed by atoms with Gasteiger partial charge in [-0.3, -0.25) is 9.59 Å². The van der Waals surface area contributed by atoms with Crippen LogP contribution in [0.5, 0.6) is 0 Å². The van der Waals surface area contributed by atoms with Crippen LogP contribution in [0.1, 0.15) is 31.7 Å². The van der Waals surface area contributed by atoms with E-state index in [0.29, 0.717) is 19.6 Å². The first-order valence-corrected chi connectivity index (χ1v) is 8.63. The molecule has 0 saturated carbocycles. The number of amides is 3. The molecule has 6 nitrogen and oxygen atoms in total. The maximum absolute atomic E-state index is 12.7. The average molecular weight is 342 g/mol. The minimum atomic E-state index is -0.417. The summed E-state index contributed by atoms with van der Waals surface area (Å²) in [6, 6.07) is 9.15. The predicted molar refractivity (Wildman–Crippen MR) is 96.1 cm³/mol. The van der Waals surface area contributed by atoms with E-state index < -0.39 is 5.91 Å². The lowest BCUT2D eigenvalue weighted by Gasteiger charge is -2.37. The summed E-state index contributed by atoms with van der Waals surface area (Å²) >= 11 is 0. The van der Waals surface area contributed by atoms with Crippen LogP contribution in [0.4, 0.5) is 4.79 Å². The number of urea groups is 1. The van der Waals surface area contributed by atoms with Crippen LogP contribution in [0.2, 0.25) is 0 Å². The molecule has 1 heterocycles. The normalized spacial score (nSPS) is 14.4. The van der Waals surface area contributed by atoms with Crippen LogP contribution in [-0.4, -0.2) is 59.3 Å². The molecule has 0 aromatic heterocycles. The Morgan fingerprint density at radius 1 is 1.12 bits per heavy atom. The third-order valence-corrected chi connectivity index (χ3v) is 4.12. The maximum atomic E-state index is 12.7. The number of hydrazine groups is 1. The van der Waals surface area contributed by atoms with Crippen molar-refractivity contribution in [1.82, 2.24) is 14.9 Å². The molecule has 0 unspecified atom stereocenters. The van der Waals surface area contributed by atoms with Crippen LogP contribution in [0, 0.1) is 0 Å². The van der Waals surface area contributed by atoms with Crippen LogP contribution in [0.15, 0.2) is 36.4 Å². The zero-order chi connectivity index (χ0) is 18.1. The number of hydrogen-bond acceptors (Lipinski definition) is 3. The fourth-order valence-electron chi connectivity index (χ4n) is 2.82. The summed E-state index contributed by atoms with van der Waals surface area (Å²) in [5, 5.41) is 2.48. The molecule has 3 amide bonds. The summed E-state index contributed by atoms with van der Waals surface area (Å²) in [5.41, 5.74) is 0.872. The Kier molecular flexibility index (Phi) is 7.19. The largest absolute Gasteiger partial charge is 0.338 e. The van der Waals surface area contributed by atoms with Crippen molar-refractivity contribution in [2.24, 2.45) is 0 Å². The molecule has 25 heavy (non-hydrogen) atoms. The highest BCUT2D eigenvalue weighted by Crippen LogP contribution is 2.13. The van der Waals surface area contributed by atoms with Gasteiger partial charge in [0.1, 0.15) is 6.54 Å². The van der Waals surface area contributed by atoms with Crippen molar-refractivity contribution in [3.63, 3.8) is 0 Å². The summed E-state index contributed by atoms with van der Waals surface area (Å²) in [6.07, 6.45) is 7.81. The minimum Gasteiger partial charge on any atom is -0.323 e. The molecule has 1 saturated heterocycles. The zero-order valence-electron chi connectivity index (χ0n) is 14.6. The van der Waals surface area contributed by atoms with Crippen LogP contribution < -0.4 is 0 Å². The van der Waals surface area contributed by atoms with Gasteiger partial charge in [-0.25, -0.2) is 14.8 Å². The SMILES string of the molecule is CCN(C(=O)N1CCCCC1)N(C[C]=O)C(=O)C=Cc1ccccc1. The molecule has 1 aromatic carbocycles. The summed E-state index contributed by atoms with van der Waals surface area (Å²) in [4.78, 5) is 37.9. The number of carbonyl (C=O) groups excluding carboxylic acids is 3. The molecule has 6 heteroatoms. The highest BCUT2D eigenvalue weighted by molar-refractivity contribution is 5.94. The molecule has 0 atom stereocenters. The third-order valence-electron chi connectivity index (χ3n) is 4.12. The standard InChI is InChI=1S/C19H24N3O3/c1-2-21(19(25)20-13-7-4-8-14-20)22(15-16-23)18(24)12-11-17-9-5-3-6-10-17/h3,5-6,9-12H,2,4,7-8,13-15H2,1H3. The lowest BCUT2D eigenvalue weighted by Crippen LogP contribution is -2.55. The van der Waals surface area contributed by atoms with E-state index in [0.717, 1.165) is 29.8 Å². The zero-order valence-corrected chi connectivity index (χ0v) is 14.6. The smallest absolute Gasteiger partial charge is 0.323 e. The minimum absolute atomic E-state index is 0.237. The number of rotatable bonds is 5. The fourth-order valence-corrected chi connectivity index (χ4v) is 2.82. The number of hydrogen-bond donors (Lipinski definition) is 0. The van der Waals surface area contributed by atoms with Crippen molar-refractivity contribution in [3.8, 4) is 0 Å². The van der Waals surface area contributed by atoms with Gasteiger partial charge in [0, 0.05) is 25.7 Å². The van der Waals surface area contributed by atoms with Gasteiger partial charge in [-0.05, 0) is 37.8 Å². The highest BCUT2D eigenvalue weighted by Gasteiger charge is 2.28. The molecule has 0 bridgehead atoms. The second-order valence-electron chi connectivity index (χ2n) is 5.83. The summed E-state index contributed by atoms with van der Waals surface area (Å²) in [5.74, 6) is -0.417. The van der Waals surface area contributed by atoms with Crippen molar-refractivity contribution in [2.75, 3.05) is 26.2 Å². The second kappa shape index (κ2) is 9.61. The van der Waals surface area contributed by atoms with Gasteiger partial charge < -0.3 is 4.90 Å². The average Bonchev–Trinajstić information content (AvgIpc) is 2.67. The monoisotopic (exact) mass is 342 g/mol. The van der Waals surface area contributed by atoms with Gasteiger partial charge in [0.05, 0.1) is 0 Å². The topological polar surface area (TPSA) is 60.9 Å². The van der Waals surface area contributed by atoms with Gasteiger partial charge in [-0.15, -0.1) is 0 Å². The van der Waals surface area contributed by atoms with Crippen LogP contribution in [0.3, 0.4) is 0 Å². The van der Waals surface area contributed by atoms with Crippen molar-refractivity contribution >= 4 is 24.3 Å². The molecule has 1 aliphatic rings. The Balaban J connectivity index is 2.12. The van der Waals surface area contributed by atoms with Crippen LogP contribution in [-0.2, 0) is 9.59 Å². The Labute approximate surface area is 148 Å². The van der Waals surface area contributed by atoms with E-state index in [1.165, 1.54) is 11.1 Å². The van der Waals surface area contributed by atoms with Crippen LogP contribution >= 0.6 is 0 Å². The molecule has 0 aliphatic carbocycles. The maximum Gasteiger partial charge on any atom is 0.338 e. The first kappa shape index (κ1) is 18.7. The summed E-state index contributed by atoms with van der Waals surface area (Å²) in [6.45, 7) is 3.19. The lowest BCUT2D eigenvalue weighted by atomic mass is 10.1. The fraction of sp³-hybridized carbons (Fsp3) is 0.421. The van der Waals surface area contributed by atoms with Gasteiger partial charge >= 0.3 is 6.03 Å². The van der Waals surface area contributed by atoms with Gasteiger partial charge in [0.15, 0.2) is 0 Å². The number of carbonyl (C=O) groups is 2. The Morgan fingerprint density at radius 3 is 2.40 bits per heavy atom. The second-order valence-corrected chi connectivity index (χ2v) is 5.83.